The number of hydrogen-bond donors (Lipinski definition) is 1. The van der Waals surface area contributed by atoms with Crippen LogP contribution in [0.3, 0.4) is 0 Å². The maximum Gasteiger partial charge on any atom is 0.164 e. The fourth-order valence-corrected chi connectivity index (χ4v) is 6.41. The molecule has 1 radical (unpaired) electrons. The van der Waals surface area contributed by atoms with Gasteiger partial charge in [0.05, 0.1) is 0 Å². The molecule has 0 bridgehead atoms. The third-order valence-corrected chi connectivity index (χ3v) is 10.7. The minimum atomic E-state index is -0.337. The molecule has 1 aromatic heterocycles. The van der Waals surface area contributed by atoms with Gasteiger partial charge in [0.1, 0.15) is 5.76 Å². The summed E-state index contributed by atoms with van der Waals surface area (Å²) in [4.78, 5) is 17.0. The predicted octanol–water partition coefficient (Wildman–Crippen LogP) is 10.1. The second-order valence-corrected chi connectivity index (χ2v) is 13.4. The van der Waals surface area contributed by atoms with Gasteiger partial charge in [-0.25, -0.2) is 0 Å². The number of carbonyl (C=O) groups excluding carboxylic acids is 1. The van der Waals surface area contributed by atoms with Crippen LogP contribution in [0.4, 0.5) is 0 Å². The molecular weight excluding hydrogens is 695 g/mol. The second-order valence-electron chi connectivity index (χ2n) is 13.4. The summed E-state index contributed by atoms with van der Waals surface area (Å²) in [6.45, 7) is 21.4. The summed E-state index contributed by atoms with van der Waals surface area (Å²) < 4.78 is 0. The molecule has 0 amide bonds. The van der Waals surface area contributed by atoms with Gasteiger partial charge in [-0.2, -0.15) is 0 Å². The molecule has 4 heteroatoms. The molecule has 3 nitrogen and oxygen atoms in total. The molecule has 0 aliphatic heterocycles. The van der Waals surface area contributed by atoms with E-state index in [1.165, 1.54) is 39.5 Å². The molecule has 5 rings (SSSR count). The van der Waals surface area contributed by atoms with Crippen molar-refractivity contribution in [1.82, 2.24) is 4.98 Å². The largest absolute Gasteiger partial charge is 0.512 e. The molecule has 0 saturated carbocycles. The maximum atomic E-state index is 12.2. The van der Waals surface area contributed by atoms with Crippen molar-refractivity contribution < 1.29 is 30.0 Å². The van der Waals surface area contributed by atoms with Crippen molar-refractivity contribution in [3.05, 3.63) is 88.8 Å². The Balaban J connectivity index is 0.000000242. The van der Waals surface area contributed by atoms with E-state index in [-0.39, 0.29) is 53.3 Å². The Morgan fingerprint density at radius 1 is 0.810 bits per heavy atom. The molecule has 0 saturated heterocycles. The Bertz CT molecular complexity index is 1490. The first-order valence-electron chi connectivity index (χ1n) is 15.3. The Kier molecular flexibility index (Phi) is 9.87. The smallest absolute Gasteiger partial charge is 0.164 e. The van der Waals surface area contributed by atoms with E-state index in [4.69, 9.17) is 4.98 Å². The number of nitrogens with zero attached hydrogens (tertiary/aromatic N) is 1. The number of fused-ring (bicyclic) bond motifs is 2. The predicted molar refractivity (Wildman–Crippen MR) is 171 cm³/mol. The number of rotatable bonds is 7. The number of pyridine rings is 1. The summed E-state index contributed by atoms with van der Waals surface area (Å²) in [5.74, 6) is 0.286. The first kappa shape index (κ1) is 33.9. The maximum absolute atomic E-state index is 12.2. The summed E-state index contributed by atoms with van der Waals surface area (Å²) >= 11 is 0. The zero-order valence-corrected chi connectivity index (χ0v) is 29.6. The Morgan fingerprint density at radius 2 is 1.31 bits per heavy atom. The van der Waals surface area contributed by atoms with Crippen LogP contribution in [-0.4, -0.2) is 15.9 Å². The van der Waals surface area contributed by atoms with E-state index in [1.807, 2.05) is 47.7 Å². The van der Waals surface area contributed by atoms with Gasteiger partial charge in [0.15, 0.2) is 5.78 Å². The van der Waals surface area contributed by atoms with Crippen molar-refractivity contribution in [3.8, 4) is 22.4 Å². The quantitative estimate of drug-likeness (QED) is 0.149. The van der Waals surface area contributed by atoms with Crippen LogP contribution in [0.15, 0.2) is 60.5 Å². The summed E-state index contributed by atoms with van der Waals surface area (Å²) in [5, 5.41) is 10.1. The number of allylic oxidation sites excluding steroid dienone is 2. The first-order valence-corrected chi connectivity index (χ1v) is 15.3. The number of benzene rings is 2. The molecule has 1 N–H and O–H groups in total. The van der Waals surface area contributed by atoms with Crippen molar-refractivity contribution in [2.45, 2.75) is 106 Å². The number of aliphatic hydroxyl groups is 1. The average molecular weight is 743 g/mol. The van der Waals surface area contributed by atoms with Gasteiger partial charge < -0.3 is 10.1 Å². The topological polar surface area (TPSA) is 50.2 Å². The van der Waals surface area contributed by atoms with Crippen LogP contribution in [0.5, 0.6) is 0 Å². The van der Waals surface area contributed by atoms with E-state index in [2.05, 4.69) is 76.2 Å². The number of aliphatic hydroxyl groups excluding tert-OH is 1. The monoisotopic (exact) mass is 743 g/mol. The molecular formula is C38H48IrNO2-. The molecule has 0 unspecified atom stereocenters. The van der Waals surface area contributed by atoms with Crippen LogP contribution in [0.1, 0.15) is 117 Å². The van der Waals surface area contributed by atoms with Crippen molar-refractivity contribution in [2.24, 2.45) is 10.8 Å². The summed E-state index contributed by atoms with van der Waals surface area (Å²) in [6.07, 6.45) is 6.66. The molecule has 1 heterocycles. The molecule has 0 atom stereocenters. The van der Waals surface area contributed by atoms with Gasteiger partial charge in [-0.05, 0) is 54.0 Å². The van der Waals surface area contributed by atoms with Gasteiger partial charge in [0, 0.05) is 48.6 Å². The molecule has 0 spiro atoms. The summed E-state index contributed by atoms with van der Waals surface area (Å²) in [5.41, 5.74) is 9.85. The van der Waals surface area contributed by atoms with E-state index in [0.717, 1.165) is 36.9 Å². The first-order chi connectivity index (χ1) is 19.2. The molecule has 2 aliphatic rings. The molecule has 2 aromatic carbocycles. The van der Waals surface area contributed by atoms with Crippen LogP contribution in [0.2, 0.25) is 0 Å². The van der Waals surface area contributed by atoms with E-state index in [9.17, 15) is 9.90 Å². The van der Waals surface area contributed by atoms with Gasteiger partial charge in [-0.3, -0.25) is 4.79 Å². The van der Waals surface area contributed by atoms with E-state index < -0.39 is 0 Å². The normalized spacial score (nSPS) is 15.8. The van der Waals surface area contributed by atoms with Gasteiger partial charge in [0.2, 0.25) is 0 Å². The van der Waals surface area contributed by atoms with E-state index in [1.54, 1.807) is 0 Å². The number of hydrogen-bond acceptors (Lipinski definition) is 3. The van der Waals surface area contributed by atoms with Crippen LogP contribution in [0.25, 0.3) is 22.4 Å². The van der Waals surface area contributed by atoms with Crippen molar-refractivity contribution in [2.75, 3.05) is 0 Å². The zero-order chi connectivity index (χ0) is 30.4. The average Bonchev–Trinajstić information content (AvgIpc) is 3.18. The van der Waals surface area contributed by atoms with Gasteiger partial charge in [-0.1, -0.05) is 110 Å². The molecule has 42 heavy (non-hydrogen) atoms. The number of carbonyl (C=O) groups is 1. The summed E-state index contributed by atoms with van der Waals surface area (Å²) in [6, 6.07) is 18.9. The van der Waals surface area contributed by atoms with Crippen LogP contribution < -0.4 is 0 Å². The number of ketones is 1. The van der Waals surface area contributed by atoms with Gasteiger partial charge >= 0.3 is 0 Å². The molecule has 0 fully saturated rings. The van der Waals surface area contributed by atoms with Crippen LogP contribution >= 0.6 is 0 Å². The van der Waals surface area contributed by atoms with Crippen molar-refractivity contribution in [1.29, 1.82) is 0 Å². The Labute approximate surface area is 267 Å². The fourth-order valence-electron chi connectivity index (χ4n) is 6.41. The molecule has 3 aromatic rings. The SMILES string of the molecule is CC1(C)c2cccnc2-c2[c-]ccc3c2-c2c1cccc2C3(C)C.CCC(C)(CC)C(=O)/C=C(\O)C(C)(CC)CC.[Ir]. The van der Waals surface area contributed by atoms with Crippen molar-refractivity contribution >= 4 is 5.78 Å². The minimum Gasteiger partial charge on any atom is -0.512 e. The second kappa shape index (κ2) is 12.2. The standard InChI is InChI=1S/C23H20N.C15H28O2.Ir/c1-22(2)15-9-5-8-14-19(15)20-16(22)10-6-11-17(20)23(3,4)18-12-7-13-24-21(14)18;1-7-14(5,8-2)12(16)11-13(17)15(6,9-3)10-4;/h5-7,9-13H,1-4H3;11,16H,7-10H2,1-6H3;/q-1;;/b;12-11-;. The fraction of sp³-hybridized carbons (Fsp3) is 0.474. The molecule has 2 aliphatic carbocycles. The summed E-state index contributed by atoms with van der Waals surface area (Å²) in [7, 11) is 0. The Morgan fingerprint density at radius 3 is 1.86 bits per heavy atom. The zero-order valence-electron chi connectivity index (χ0n) is 27.2. The van der Waals surface area contributed by atoms with E-state index in [0.29, 0.717) is 0 Å². The third kappa shape index (κ3) is 5.35. The van der Waals surface area contributed by atoms with Crippen LogP contribution in [0, 0.1) is 16.9 Å². The van der Waals surface area contributed by atoms with E-state index >= 15 is 0 Å². The Hall–Kier alpha value is -2.55. The third-order valence-electron chi connectivity index (χ3n) is 10.7. The minimum absolute atomic E-state index is 0. The van der Waals surface area contributed by atoms with Gasteiger partial charge in [-0.15, -0.1) is 29.3 Å². The number of aromatic nitrogens is 1. The van der Waals surface area contributed by atoms with Crippen molar-refractivity contribution in [3.63, 3.8) is 0 Å². The van der Waals surface area contributed by atoms with Gasteiger partial charge in [0.25, 0.3) is 0 Å². The van der Waals surface area contributed by atoms with Crippen LogP contribution in [-0.2, 0) is 35.7 Å². The molecule has 227 valence electrons.